The Bertz CT molecular complexity index is 2520. The molecule has 56 heavy (non-hydrogen) atoms. The Balaban J connectivity index is 1.38. The fourth-order valence-electron chi connectivity index (χ4n) is 6.24. The summed E-state index contributed by atoms with van der Waals surface area (Å²) in [7, 11) is 1.58. The number of ether oxygens (including phenoxy) is 1. The van der Waals surface area contributed by atoms with Crippen LogP contribution in [0.5, 0.6) is 0 Å². The summed E-state index contributed by atoms with van der Waals surface area (Å²) >= 11 is 0. The van der Waals surface area contributed by atoms with Crippen molar-refractivity contribution in [1.29, 1.82) is 0 Å². The lowest BCUT2D eigenvalue weighted by Crippen LogP contribution is -2.21. The van der Waals surface area contributed by atoms with Gasteiger partial charge in [-0.25, -0.2) is 15.0 Å². The number of pyridine rings is 1. The van der Waals surface area contributed by atoms with Crippen LogP contribution in [0.1, 0.15) is 66.9 Å². The second-order valence-corrected chi connectivity index (χ2v) is 12.7. The minimum Gasteiger partial charge on any atom is -0.395 e. The van der Waals surface area contributed by atoms with E-state index in [2.05, 4.69) is 36.1 Å². The van der Waals surface area contributed by atoms with Gasteiger partial charge in [-0.3, -0.25) is 43.7 Å². The molecule has 0 aliphatic heterocycles. The van der Waals surface area contributed by atoms with E-state index >= 15 is 0 Å². The van der Waals surface area contributed by atoms with Crippen molar-refractivity contribution in [2.75, 3.05) is 41.9 Å². The number of primary amides is 2. The fraction of sp³-hybridized carbons (Fsp3) is 0.306. The van der Waals surface area contributed by atoms with E-state index in [0.29, 0.717) is 71.2 Å². The first-order valence-corrected chi connectivity index (χ1v) is 17.7. The average Bonchev–Trinajstić information content (AvgIpc) is 3.90. The summed E-state index contributed by atoms with van der Waals surface area (Å²) in [5.41, 5.74) is 22.0. The number of carbonyl (C=O) groups is 4. The molecule has 0 saturated carbocycles. The highest BCUT2D eigenvalue weighted by atomic mass is 16.5. The van der Waals surface area contributed by atoms with Gasteiger partial charge in [-0.2, -0.15) is 10.2 Å². The molecule has 1 aromatic carbocycles. The van der Waals surface area contributed by atoms with Crippen LogP contribution < -0.4 is 33.2 Å². The lowest BCUT2D eigenvalue weighted by Gasteiger charge is -2.13. The Morgan fingerprint density at radius 2 is 1.46 bits per heavy atom. The summed E-state index contributed by atoms with van der Waals surface area (Å²) in [5, 5.41) is 17.8. The maximum absolute atomic E-state index is 13.6. The van der Waals surface area contributed by atoms with Gasteiger partial charge in [0.25, 0.3) is 11.8 Å². The number of nitrogen functional groups attached to an aromatic ring is 1. The van der Waals surface area contributed by atoms with Crippen LogP contribution in [0.25, 0.3) is 22.2 Å². The molecule has 0 radical (unpaired) electrons. The fourth-order valence-corrected chi connectivity index (χ4v) is 6.24. The summed E-state index contributed by atoms with van der Waals surface area (Å²) in [6.07, 6.45) is 4.99. The number of hydrogen-bond acceptors (Lipinski definition) is 12. The third kappa shape index (κ3) is 7.62. The number of nitrogens with zero attached hydrogens (tertiary/aromatic N) is 9. The quantitative estimate of drug-likeness (QED) is 0.0612. The van der Waals surface area contributed by atoms with Crippen LogP contribution in [0, 0.1) is 13.8 Å². The third-order valence-electron chi connectivity index (χ3n) is 8.93. The third-order valence-corrected chi connectivity index (χ3v) is 8.93. The molecule has 0 aliphatic carbocycles. The van der Waals surface area contributed by atoms with Crippen molar-refractivity contribution < 1.29 is 23.9 Å². The maximum Gasteiger partial charge on any atom is 0.278 e. The molecule has 4 amide bonds. The standard InChI is InChI=1S/C36H43N15O5/c1-6-50-26(14-19(3)46-50)33(54)44-35-42-24-16-21(30(38)52)15-23(40-10-13-56-5)28(24)48(35)11-8-9-12-49-32-25(17-22(18-41-32)31(39)53)43-36(49)45-34(55)29-27(37)20(4)47-51(29)7-2/h8-9,14-18,40H,6-7,10-13,37H2,1-5H3,(H2,38,52)(H2,39,53)(H,42,44,54)(H,43,45,55)/b9-8+. The maximum atomic E-state index is 13.6. The zero-order valence-corrected chi connectivity index (χ0v) is 31.6. The predicted octanol–water partition coefficient (Wildman–Crippen LogP) is 2.43. The van der Waals surface area contributed by atoms with Crippen molar-refractivity contribution in [1.82, 2.24) is 43.6 Å². The van der Waals surface area contributed by atoms with Gasteiger partial charge in [-0.15, -0.1) is 0 Å². The number of imidazole rings is 2. The van der Waals surface area contributed by atoms with Gasteiger partial charge >= 0.3 is 0 Å². The number of benzene rings is 1. The Kier molecular flexibility index (Phi) is 11.1. The van der Waals surface area contributed by atoms with E-state index in [9.17, 15) is 19.2 Å². The normalized spacial score (nSPS) is 11.5. The number of rotatable bonds is 16. The minimum atomic E-state index is -0.682. The molecule has 6 rings (SSSR count). The summed E-state index contributed by atoms with van der Waals surface area (Å²) < 4.78 is 11.8. The molecule has 0 unspecified atom stereocenters. The number of methoxy groups -OCH3 is 1. The molecule has 0 bridgehead atoms. The molecular weight excluding hydrogens is 722 g/mol. The van der Waals surface area contributed by atoms with Gasteiger partial charge in [0, 0.05) is 51.6 Å². The molecule has 0 atom stereocenters. The minimum absolute atomic E-state index is 0.136. The molecule has 292 valence electrons. The zero-order chi connectivity index (χ0) is 40.3. The number of aromatic nitrogens is 9. The van der Waals surface area contributed by atoms with Gasteiger partial charge < -0.3 is 31.8 Å². The molecule has 5 heterocycles. The average molecular weight is 766 g/mol. The van der Waals surface area contributed by atoms with Crippen molar-refractivity contribution >= 4 is 69.1 Å². The molecule has 20 heteroatoms. The summed E-state index contributed by atoms with van der Waals surface area (Å²) in [6, 6.07) is 6.37. The smallest absolute Gasteiger partial charge is 0.278 e. The van der Waals surface area contributed by atoms with Gasteiger partial charge in [0.1, 0.15) is 16.9 Å². The van der Waals surface area contributed by atoms with Crippen molar-refractivity contribution in [2.45, 2.75) is 53.9 Å². The second kappa shape index (κ2) is 16.1. The SMILES string of the molecule is CCn1nc(C)cc1C(=O)Nc1nc2cc(C(N)=O)cc(NCCOC)c2n1C/C=C/Cn1c(NC(=O)c2c(N)c(C)nn2CC)nc2cc(C(N)=O)cnc21. The number of fused-ring (bicyclic) bond motifs is 2. The molecule has 5 aromatic heterocycles. The molecule has 0 aliphatic rings. The Labute approximate surface area is 320 Å². The van der Waals surface area contributed by atoms with Crippen LogP contribution in [-0.4, -0.2) is 87.5 Å². The number of nitrogens with two attached hydrogens (primary N) is 3. The van der Waals surface area contributed by atoms with Crippen molar-refractivity contribution in [2.24, 2.45) is 11.5 Å². The highest BCUT2D eigenvalue weighted by molar-refractivity contribution is 6.07. The van der Waals surface area contributed by atoms with Gasteiger partial charge in [-0.05, 0) is 52.0 Å². The second-order valence-electron chi connectivity index (χ2n) is 12.7. The Morgan fingerprint density at radius 1 is 0.821 bits per heavy atom. The van der Waals surface area contributed by atoms with Crippen molar-refractivity contribution in [3.05, 3.63) is 76.5 Å². The number of nitrogens with one attached hydrogen (secondary N) is 3. The number of aryl methyl sites for hydroxylation is 4. The number of carbonyl (C=O) groups excluding carboxylic acids is 4. The molecule has 6 aromatic rings. The zero-order valence-electron chi connectivity index (χ0n) is 31.6. The summed E-state index contributed by atoms with van der Waals surface area (Å²) in [6.45, 7) is 9.25. The number of allylic oxidation sites excluding steroid dienone is 2. The first kappa shape index (κ1) is 38.6. The molecule has 0 saturated heterocycles. The highest BCUT2D eigenvalue weighted by Gasteiger charge is 2.24. The van der Waals surface area contributed by atoms with Crippen LogP contribution in [-0.2, 0) is 30.9 Å². The first-order chi connectivity index (χ1) is 26.8. The van der Waals surface area contributed by atoms with Gasteiger partial charge in [0.15, 0.2) is 5.65 Å². The van der Waals surface area contributed by atoms with E-state index in [1.54, 1.807) is 53.0 Å². The molecule has 0 spiro atoms. The van der Waals surface area contributed by atoms with Crippen LogP contribution in [0.15, 0.2) is 42.6 Å². The van der Waals surface area contributed by atoms with Crippen LogP contribution in [0.3, 0.4) is 0 Å². The number of anilines is 4. The highest BCUT2D eigenvalue weighted by Crippen LogP contribution is 2.30. The summed E-state index contributed by atoms with van der Waals surface area (Å²) in [4.78, 5) is 65.2. The summed E-state index contributed by atoms with van der Waals surface area (Å²) in [5.74, 6) is -1.95. The Morgan fingerprint density at radius 3 is 2.14 bits per heavy atom. The van der Waals surface area contributed by atoms with E-state index in [1.165, 1.54) is 16.9 Å². The molecular formula is C36H43N15O5. The van der Waals surface area contributed by atoms with E-state index < -0.39 is 23.6 Å². The van der Waals surface area contributed by atoms with Crippen molar-refractivity contribution in [3.8, 4) is 0 Å². The van der Waals surface area contributed by atoms with Crippen LogP contribution in [0.4, 0.5) is 23.3 Å². The first-order valence-electron chi connectivity index (χ1n) is 17.7. The van der Waals surface area contributed by atoms with Gasteiger partial charge in [0.05, 0.1) is 46.0 Å². The van der Waals surface area contributed by atoms with E-state index in [1.807, 2.05) is 26.0 Å². The van der Waals surface area contributed by atoms with Crippen LogP contribution >= 0.6 is 0 Å². The lowest BCUT2D eigenvalue weighted by atomic mass is 10.1. The van der Waals surface area contributed by atoms with Gasteiger partial charge in [0.2, 0.25) is 23.7 Å². The largest absolute Gasteiger partial charge is 0.395 e. The van der Waals surface area contributed by atoms with E-state index in [0.717, 1.165) is 0 Å². The molecule has 20 nitrogen and oxygen atoms in total. The topological polar surface area (TPSA) is 276 Å². The van der Waals surface area contributed by atoms with Gasteiger partial charge in [-0.1, -0.05) is 12.2 Å². The number of amides is 4. The number of hydrogen-bond donors (Lipinski definition) is 6. The van der Waals surface area contributed by atoms with Crippen molar-refractivity contribution in [3.63, 3.8) is 0 Å². The van der Waals surface area contributed by atoms with E-state index in [-0.39, 0.29) is 47.5 Å². The van der Waals surface area contributed by atoms with Crippen LogP contribution in [0.2, 0.25) is 0 Å². The predicted molar refractivity (Wildman–Crippen MR) is 209 cm³/mol. The monoisotopic (exact) mass is 765 g/mol. The molecule has 9 N–H and O–H groups in total. The van der Waals surface area contributed by atoms with E-state index in [4.69, 9.17) is 26.9 Å². The lowest BCUT2D eigenvalue weighted by molar-refractivity contribution is 0.0992. The Hall–Kier alpha value is -7.09. The molecule has 0 fully saturated rings.